The van der Waals surface area contributed by atoms with Gasteiger partial charge < -0.3 is 19.7 Å². The maximum absolute atomic E-state index is 12.7. The zero-order valence-electron chi connectivity index (χ0n) is 13.1. The van der Waals surface area contributed by atoms with E-state index in [1.165, 1.54) is 0 Å². The highest BCUT2D eigenvalue weighted by Gasteiger charge is 2.18. The molecule has 0 saturated carbocycles. The van der Waals surface area contributed by atoms with Crippen LogP contribution in [0.3, 0.4) is 0 Å². The van der Waals surface area contributed by atoms with Crippen molar-refractivity contribution in [3.8, 4) is 0 Å². The van der Waals surface area contributed by atoms with Crippen LogP contribution in [-0.2, 0) is 9.47 Å². The van der Waals surface area contributed by atoms with Gasteiger partial charge in [0.05, 0.1) is 30.7 Å². The van der Waals surface area contributed by atoms with Crippen LogP contribution in [0.2, 0.25) is 0 Å². The number of nitrogens with one attached hydrogen (secondary N) is 1. The molecule has 1 aromatic heterocycles. The highest BCUT2D eigenvalue weighted by Crippen LogP contribution is 2.15. The van der Waals surface area contributed by atoms with Gasteiger partial charge in [-0.2, -0.15) is 0 Å². The van der Waals surface area contributed by atoms with Crippen LogP contribution in [-0.4, -0.2) is 62.4 Å². The molecule has 0 aliphatic rings. The molecule has 0 fully saturated rings. The number of hydrogen-bond donors (Lipinski definition) is 1. The van der Waals surface area contributed by atoms with Gasteiger partial charge in [-0.3, -0.25) is 9.78 Å². The standard InChI is InChI=1S/C15H25N3O3/c1-4-20-10-8-18(9-11-21-5-2)15(19)13-6-7-17-12-14(13)16-3/h6-7,12,16H,4-5,8-11H2,1-3H3. The van der Waals surface area contributed by atoms with E-state index in [2.05, 4.69) is 10.3 Å². The number of pyridine rings is 1. The Kier molecular flexibility index (Phi) is 8.38. The first-order valence-corrected chi connectivity index (χ1v) is 7.31. The van der Waals surface area contributed by atoms with E-state index in [4.69, 9.17) is 9.47 Å². The Labute approximate surface area is 126 Å². The molecule has 0 unspecified atom stereocenters. The number of hydrogen-bond acceptors (Lipinski definition) is 5. The van der Waals surface area contributed by atoms with E-state index in [1.807, 2.05) is 13.8 Å². The van der Waals surface area contributed by atoms with Gasteiger partial charge >= 0.3 is 0 Å². The van der Waals surface area contributed by atoms with Crippen LogP contribution < -0.4 is 5.32 Å². The zero-order chi connectivity index (χ0) is 15.5. The van der Waals surface area contributed by atoms with Crippen LogP contribution >= 0.6 is 0 Å². The predicted octanol–water partition coefficient (Wildman–Crippen LogP) is 1.64. The lowest BCUT2D eigenvalue weighted by atomic mass is 10.2. The second-order valence-electron chi connectivity index (χ2n) is 4.36. The second-order valence-corrected chi connectivity index (χ2v) is 4.36. The maximum atomic E-state index is 12.7. The Morgan fingerprint density at radius 2 is 1.86 bits per heavy atom. The summed E-state index contributed by atoms with van der Waals surface area (Å²) in [5, 5.41) is 2.99. The largest absolute Gasteiger partial charge is 0.386 e. The van der Waals surface area contributed by atoms with Gasteiger partial charge in [0.2, 0.25) is 0 Å². The average molecular weight is 295 g/mol. The molecule has 1 heterocycles. The van der Waals surface area contributed by atoms with Crippen LogP contribution in [0.1, 0.15) is 24.2 Å². The summed E-state index contributed by atoms with van der Waals surface area (Å²) in [4.78, 5) is 18.4. The lowest BCUT2D eigenvalue weighted by molar-refractivity contribution is 0.0551. The van der Waals surface area contributed by atoms with Gasteiger partial charge in [-0.1, -0.05) is 0 Å². The topological polar surface area (TPSA) is 63.7 Å². The quantitative estimate of drug-likeness (QED) is 0.665. The molecule has 21 heavy (non-hydrogen) atoms. The third-order valence-electron chi connectivity index (χ3n) is 3.03. The molecule has 1 amide bonds. The number of rotatable bonds is 10. The van der Waals surface area contributed by atoms with E-state index < -0.39 is 0 Å². The van der Waals surface area contributed by atoms with Crippen LogP contribution in [0.5, 0.6) is 0 Å². The lowest BCUT2D eigenvalue weighted by Gasteiger charge is -2.23. The molecule has 0 aliphatic heterocycles. The highest BCUT2D eigenvalue weighted by molar-refractivity contribution is 5.99. The minimum absolute atomic E-state index is 0.0406. The maximum Gasteiger partial charge on any atom is 0.256 e. The summed E-state index contributed by atoms with van der Waals surface area (Å²) in [5.74, 6) is -0.0406. The molecule has 6 heteroatoms. The monoisotopic (exact) mass is 295 g/mol. The molecule has 0 aliphatic carbocycles. The average Bonchev–Trinajstić information content (AvgIpc) is 2.53. The minimum Gasteiger partial charge on any atom is -0.386 e. The number of ether oxygens (including phenoxy) is 2. The Morgan fingerprint density at radius 1 is 1.24 bits per heavy atom. The van der Waals surface area contributed by atoms with Crippen molar-refractivity contribution in [2.24, 2.45) is 0 Å². The van der Waals surface area contributed by atoms with Crippen molar-refractivity contribution in [3.05, 3.63) is 24.0 Å². The number of amides is 1. The zero-order valence-corrected chi connectivity index (χ0v) is 13.1. The molecule has 118 valence electrons. The Bertz CT molecular complexity index is 416. The van der Waals surface area contributed by atoms with Crippen LogP contribution in [0.4, 0.5) is 5.69 Å². The lowest BCUT2D eigenvalue weighted by Crippen LogP contribution is -2.37. The van der Waals surface area contributed by atoms with Crippen LogP contribution in [0.25, 0.3) is 0 Å². The summed E-state index contributed by atoms with van der Waals surface area (Å²) in [6.07, 6.45) is 3.27. The second kappa shape index (κ2) is 10.1. The third-order valence-corrected chi connectivity index (χ3v) is 3.03. The van der Waals surface area contributed by atoms with Gasteiger partial charge in [0, 0.05) is 39.5 Å². The fourth-order valence-electron chi connectivity index (χ4n) is 1.90. The van der Waals surface area contributed by atoms with Crippen molar-refractivity contribution in [2.45, 2.75) is 13.8 Å². The normalized spacial score (nSPS) is 10.4. The first-order chi connectivity index (χ1) is 10.2. The molecule has 0 aromatic carbocycles. The van der Waals surface area contributed by atoms with Gasteiger partial charge in [-0.15, -0.1) is 0 Å². The van der Waals surface area contributed by atoms with Crippen molar-refractivity contribution in [2.75, 3.05) is 51.9 Å². The summed E-state index contributed by atoms with van der Waals surface area (Å²) < 4.78 is 10.7. The molecular formula is C15H25N3O3. The van der Waals surface area contributed by atoms with Gasteiger partial charge in [0.15, 0.2) is 0 Å². The van der Waals surface area contributed by atoms with Gasteiger partial charge in [0.1, 0.15) is 0 Å². The molecule has 6 nitrogen and oxygen atoms in total. The van der Waals surface area contributed by atoms with Crippen molar-refractivity contribution in [1.29, 1.82) is 0 Å². The number of carbonyl (C=O) groups is 1. The number of aromatic nitrogens is 1. The Hall–Kier alpha value is -1.66. The predicted molar refractivity (Wildman–Crippen MR) is 82.7 cm³/mol. The van der Waals surface area contributed by atoms with Crippen molar-refractivity contribution >= 4 is 11.6 Å². The van der Waals surface area contributed by atoms with E-state index in [0.717, 1.165) is 5.69 Å². The molecule has 1 N–H and O–H groups in total. The fraction of sp³-hybridized carbons (Fsp3) is 0.600. The van der Waals surface area contributed by atoms with Crippen molar-refractivity contribution in [1.82, 2.24) is 9.88 Å². The van der Waals surface area contributed by atoms with E-state index in [1.54, 1.807) is 30.4 Å². The van der Waals surface area contributed by atoms with Crippen LogP contribution in [0.15, 0.2) is 18.5 Å². The summed E-state index contributed by atoms with van der Waals surface area (Å²) >= 11 is 0. The molecule has 1 rings (SSSR count). The summed E-state index contributed by atoms with van der Waals surface area (Å²) in [7, 11) is 1.78. The SMILES string of the molecule is CCOCCN(CCOCC)C(=O)c1ccncc1NC. The molecule has 0 saturated heterocycles. The molecule has 0 atom stereocenters. The first-order valence-electron chi connectivity index (χ1n) is 7.31. The van der Waals surface area contributed by atoms with Crippen molar-refractivity contribution in [3.63, 3.8) is 0 Å². The molecular weight excluding hydrogens is 270 g/mol. The van der Waals surface area contributed by atoms with E-state index in [9.17, 15) is 4.79 Å². The first kappa shape index (κ1) is 17.4. The van der Waals surface area contributed by atoms with E-state index in [-0.39, 0.29) is 5.91 Å². The van der Waals surface area contributed by atoms with E-state index in [0.29, 0.717) is 45.1 Å². The molecule has 1 aromatic rings. The number of carbonyl (C=O) groups excluding carboxylic acids is 1. The molecule has 0 bridgehead atoms. The minimum atomic E-state index is -0.0406. The third kappa shape index (κ3) is 5.69. The summed E-state index contributed by atoms with van der Waals surface area (Å²) in [6, 6.07) is 1.72. The fourth-order valence-corrected chi connectivity index (χ4v) is 1.90. The number of anilines is 1. The molecule has 0 spiro atoms. The van der Waals surface area contributed by atoms with Crippen LogP contribution in [0, 0.1) is 0 Å². The van der Waals surface area contributed by atoms with Gasteiger partial charge in [-0.05, 0) is 19.9 Å². The van der Waals surface area contributed by atoms with E-state index >= 15 is 0 Å². The molecule has 0 radical (unpaired) electrons. The highest BCUT2D eigenvalue weighted by atomic mass is 16.5. The number of nitrogens with zero attached hydrogens (tertiary/aromatic N) is 2. The van der Waals surface area contributed by atoms with Gasteiger partial charge in [0.25, 0.3) is 5.91 Å². The summed E-state index contributed by atoms with van der Waals surface area (Å²) in [6.45, 7) is 7.30. The van der Waals surface area contributed by atoms with Crippen molar-refractivity contribution < 1.29 is 14.3 Å². The van der Waals surface area contributed by atoms with Gasteiger partial charge in [-0.25, -0.2) is 0 Å². The summed E-state index contributed by atoms with van der Waals surface area (Å²) in [5.41, 5.74) is 1.33. The Morgan fingerprint density at radius 3 is 2.38 bits per heavy atom. The Balaban J connectivity index is 2.76. The smallest absolute Gasteiger partial charge is 0.256 e.